The lowest BCUT2D eigenvalue weighted by Crippen LogP contribution is -2.39. The van der Waals surface area contributed by atoms with Gasteiger partial charge >= 0.3 is 6.18 Å². The van der Waals surface area contributed by atoms with Gasteiger partial charge in [-0.15, -0.1) is 11.3 Å². The summed E-state index contributed by atoms with van der Waals surface area (Å²) < 4.78 is 37.6. The highest BCUT2D eigenvalue weighted by Crippen LogP contribution is 2.25. The molecule has 17 heavy (non-hydrogen) atoms. The van der Waals surface area contributed by atoms with Crippen LogP contribution in [-0.4, -0.2) is 35.4 Å². The van der Waals surface area contributed by atoms with Crippen LogP contribution in [0.4, 0.5) is 13.2 Å². The van der Waals surface area contributed by atoms with Gasteiger partial charge in [-0.2, -0.15) is 13.2 Å². The third-order valence-corrected chi connectivity index (χ3v) is 3.76. The molecular formula is C9H8Br2F3NOS. The van der Waals surface area contributed by atoms with Crippen molar-refractivity contribution in [3.63, 3.8) is 0 Å². The Morgan fingerprint density at radius 1 is 1.41 bits per heavy atom. The van der Waals surface area contributed by atoms with Crippen molar-refractivity contribution in [1.82, 2.24) is 4.90 Å². The number of carbonyl (C=O) groups is 1. The standard InChI is InChI=1S/C9H8Br2F3NOS/c10-3-4-15(5-9(12,13)14)8(16)6-1-2-7(11)17-6/h1-2H,3-5H2. The average molecular weight is 395 g/mol. The molecule has 0 radical (unpaired) electrons. The van der Waals surface area contributed by atoms with Gasteiger partial charge in [-0.1, -0.05) is 15.9 Å². The van der Waals surface area contributed by atoms with E-state index in [1.54, 1.807) is 6.07 Å². The van der Waals surface area contributed by atoms with Crippen molar-refractivity contribution >= 4 is 49.1 Å². The van der Waals surface area contributed by atoms with Crippen molar-refractivity contribution in [1.29, 1.82) is 0 Å². The maximum absolute atomic E-state index is 12.3. The molecule has 0 aliphatic rings. The lowest BCUT2D eigenvalue weighted by atomic mass is 10.4. The molecule has 1 amide bonds. The van der Waals surface area contributed by atoms with Gasteiger partial charge in [0.2, 0.25) is 0 Å². The van der Waals surface area contributed by atoms with Crippen LogP contribution in [0.3, 0.4) is 0 Å². The SMILES string of the molecule is O=C(c1ccc(Br)s1)N(CCBr)CC(F)(F)F. The molecule has 0 fully saturated rings. The van der Waals surface area contributed by atoms with E-state index in [-0.39, 0.29) is 6.54 Å². The molecule has 0 aromatic carbocycles. The minimum Gasteiger partial charge on any atom is -0.328 e. The molecule has 1 aromatic heterocycles. The van der Waals surface area contributed by atoms with Crippen LogP contribution in [-0.2, 0) is 0 Å². The van der Waals surface area contributed by atoms with E-state index in [0.717, 1.165) is 16.2 Å². The summed E-state index contributed by atoms with van der Waals surface area (Å²) in [5.41, 5.74) is 0. The second-order valence-corrected chi connectivity index (χ2v) is 6.39. The van der Waals surface area contributed by atoms with E-state index in [9.17, 15) is 18.0 Å². The first-order chi connectivity index (χ1) is 7.83. The van der Waals surface area contributed by atoms with Gasteiger partial charge in [-0.25, -0.2) is 0 Å². The Balaban J connectivity index is 2.80. The summed E-state index contributed by atoms with van der Waals surface area (Å²) in [6, 6.07) is 3.15. The Bertz CT molecular complexity index is 394. The van der Waals surface area contributed by atoms with Gasteiger partial charge in [0.15, 0.2) is 0 Å². The van der Waals surface area contributed by atoms with E-state index >= 15 is 0 Å². The maximum Gasteiger partial charge on any atom is 0.406 e. The molecule has 1 rings (SSSR count). The molecule has 0 aliphatic heterocycles. The van der Waals surface area contributed by atoms with E-state index in [4.69, 9.17) is 0 Å². The predicted octanol–water partition coefficient (Wildman–Crippen LogP) is 3.91. The minimum atomic E-state index is -4.38. The second kappa shape index (κ2) is 6.19. The molecule has 8 heteroatoms. The van der Waals surface area contributed by atoms with E-state index < -0.39 is 18.6 Å². The number of carbonyl (C=O) groups excluding carboxylic acids is 1. The molecule has 0 bridgehead atoms. The van der Waals surface area contributed by atoms with Crippen LogP contribution in [0, 0.1) is 0 Å². The van der Waals surface area contributed by atoms with Crippen LogP contribution >= 0.6 is 43.2 Å². The number of hydrogen-bond acceptors (Lipinski definition) is 2. The van der Waals surface area contributed by atoms with Gasteiger partial charge in [0.05, 0.1) is 8.66 Å². The van der Waals surface area contributed by atoms with E-state index in [0.29, 0.717) is 14.0 Å². The highest BCUT2D eigenvalue weighted by molar-refractivity contribution is 9.11. The normalized spacial score (nSPS) is 11.6. The van der Waals surface area contributed by atoms with Crippen LogP contribution in [0.1, 0.15) is 9.67 Å². The van der Waals surface area contributed by atoms with Crippen molar-refractivity contribution in [3.05, 3.63) is 20.8 Å². The Kier molecular flexibility index (Phi) is 5.46. The van der Waals surface area contributed by atoms with Crippen molar-refractivity contribution in [2.75, 3.05) is 18.4 Å². The Hall–Kier alpha value is -0.0800. The fourth-order valence-corrected chi connectivity index (χ4v) is 2.94. The number of alkyl halides is 4. The molecule has 96 valence electrons. The zero-order valence-corrected chi connectivity index (χ0v) is 12.4. The molecule has 0 atom stereocenters. The lowest BCUT2D eigenvalue weighted by molar-refractivity contribution is -0.140. The predicted molar refractivity (Wildman–Crippen MR) is 67.8 cm³/mol. The summed E-state index contributed by atoms with van der Waals surface area (Å²) in [7, 11) is 0. The highest BCUT2D eigenvalue weighted by atomic mass is 79.9. The molecule has 0 aliphatic carbocycles. The van der Waals surface area contributed by atoms with Crippen LogP contribution in [0.5, 0.6) is 0 Å². The Morgan fingerprint density at radius 2 is 2.06 bits per heavy atom. The molecule has 1 heterocycles. The van der Waals surface area contributed by atoms with E-state index in [2.05, 4.69) is 31.9 Å². The zero-order chi connectivity index (χ0) is 13.1. The first-order valence-corrected chi connectivity index (χ1v) is 7.24. The number of amides is 1. The third-order valence-electron chi connectivity index (χ3n) is 1.80. The van der Waals surface area contributed by atoms with Crippen molar-refractivity contribution in [3.8, 4) is 0 Å². The Labute approximate surface area is 117 Å². The van der Waals surface area contributed by atoms with Crippen LogP contribution < -0.4 is 0 Å². The number of rotatable bonds is 4. The summed E-state index contributed by atoms with van der Waals surface area (Å²) in [6.07, 6.45) is -4.38. The van der Waals surface area contributed by atoms with Crippen LogP contribution in [0.25, 0.3) is 0 Å². The second-order valence-electron chi connectivity index (χ2n) is 3.13. The highest BCUT2D eigenvalue weighted by Gasteiger charge is 2.33. The van der Waals surface area contributed by atoms with Crippen molar-refractivity contribution in [2.45, 2.75) is 6.18 Å². The smallest absolute Gasteiger partial charge is 0.328 e. The fraction of sp³-hybridized carbons (Fsp3) is 0.444. The molecule has 0 unspecified atom stereocenters. The number of halogens is 5. The number of thiophene rings is 1. The van der Waals surface area contributed by atoms with Gasteiger partial charge in [0, 0.05) is 11.9 Å². The van der Waals surface area contributed by atoms with Gasteiger partial charge in [0.1, 0.15) is 6.54 Å². The summed E-state index contributed by atoms with van der Waals surface area (Å²) in [5.74, 6) is -0.600. The first-order valence-electron chi connectivity index (χ1n) is 4.51. The van der Waals surface area contributed by atoms with E-state index in [1.165, 1.54) is 6.07 Å². The molecule has 0 spiro atoms. The lowest BCUT2D eigenvalue weighted by Gasteiger charge is -2.22. The van der Waals surface area contributed by atoms with Crippen molar-refractivity contribution in [2.24, 2.45) is 0 Å². The van der Waals surface area contributed by atoms with Gasteiger partial charge in [-0.3, -0.25) is 4.79 Å². The van der Waals surface area contributed by atoms with Crippen molar-refractivity contribution < 1.29 is 18.0 Å². The summed E-state index contributed by atoms with van der Waals surface area (Å²) in [5, 5.41) is 0.307. The minimum absolute atomic E-state index is 0.0217. The molecule has 2 nitrogen and oxygen atoms in total. The Morgan fingerprint density at radius 3 is 2.47 bits per heavy atom. The molecular weight excluding hydrogens is 387 g/mol. The number of nitrogens with zero attached hydrogens (tertiary/aromatic N) is 1. The third kappa shape index (κ3) is 4.97. The first kappa shape index (κ1) is 15.0. The molecule has 0 saturated carbocycles. The molecule has 1 aromatic rings. The topological polar surface area (TPSA) is 20.3 Å². The van der Waals surface area contributed by atoms with E-state index in [1.807, 2.05) is 0 Å². The van der Waals surface area contributed by atoms with Crippen LogP contribution in [0.15, 0.2) is 15.9 Å². The monoisotopic (exact) mass is 393 g/mol. The number of hydrogen-bond donors (Lipinski definition) is 0. The zero-order valence-electron chi connectivity index (χ0n) is 8.43. The van der Waals surface area contributed by atoms with Gasteiger partial charge in [0.25, 0.3) is 5.91 Å². The van der Waals surface area contributed by atoms with Crippen LogP contribution in [0.2, 0.25) is 0 Å². The van der Waals surface area contributed by atoms with Gasteiger partial charge in [-0.05, 0) is 28.1 Å². The summed E-state index contributed by atoms with van der Waals surface area (Å²) >= 11 is 7.32. The largest absolute Gasteiger partial charge is 0.406 e. The average Bonchev–Trinajstić information content (AvgIpc) is 2.61. The summed E-state index contributed by atoms with van der Waals surface area (Å²) in [6.45, 7) is -1.21. The van der Waals surface area contributed by atoms with Gasteiger partial charge < -0.3 is 4.90 Å². The fourth-order valence-electron chi connectivity index (χ4n) is 1.16. The maximum atomic E-state index is 12.3. The molecule has 0 saturated heterocycles. The molecule has 0 N–H and O–H groups in total. The quantitative estimate of drug-likeness (QED) is 0.709. The summed E-state index contributed by atoms with van der Waals surface area (Å²) in [4.78, 5) is 12.9.